The molecule has 1 heterocycles. The molecule has 1 atom stereocenters. The fraction of sp³-hybridized carbons (Fsp3) is 0.750. The third-order valence-corrected chi connectivity index (χ3v) is 3.09. The molecular weight excluding hydrogens is 264 g/mol. The lowest BCUT2D eigenvalue weighted by Crippen LogP contribution is -2.35. The first-order valence-electron chi connectivity index (χ1n) is 6.48. The van der Waals surface area contributed by atoms with E-state index in [1.54, 1.807) is 21.1 Å². The van der Waals surface area contributed by atoms with E-state index in [1.807, 2.05) is 6.92 Å². The standard InChI is InChI=1S/C12H22N4O4/c1-5-9-10(16(18)19)11(15(3)14-9)13-8-12(2,17)6-7-20-4/h13,17H,5-8H2,1-4H3. The van der Waals surface area contributed by atoms with E-state index >= 15 is 0 Å². The highest BCUT2D eigenvalue weighted by Crippen LogP contribution is 2.28. The fourth-order valence-electron chi connectivity index (χ4n) is 1.88. The Kier molecular flexibility index (Phi) is 5.46. The Hall–Kier alpha value is -1.67. The lowest BCUT2D eigenvalue weighted by Gasteiger charge is -2.23. The summed E-state index contributed by atoms with van der Waals surface area (Å²) in [6, 6.07) is 0. The first-order valence-corrected chi connectivity index (χ1v) is 6.48. The molecule has 2 N–H and O–H groups in total. The zero-order valence-electron chi connectivity index (χ0n) is 12.3. The minimum Gasteiger partial charge on any atom is -0.388 e. The Morgan fingerprint density at radius 2 is 2.25 bits per heavy atom. The normalized spacial score (nSPS) is 14.1. The Labute approximate surface area is 117 Å². The number of aliphatic hydroxyl groups is 1. The zero-order valence-corrected chi connectivity index (χ0v) is 12.3. The number of nitrogens with one attached hydrogen (secondary N) is 1. The first-order chi connectivity index (χ1) is 9.32. The van der Waals surface area contributed by atoms with Gasteiger partial charge < -0.3 is 15.2 Å². The molecule has 1 unspecified atom stereocenters. The van der Waals surface area contributed by atoms with Crippen molar-refractivity contribution in [1.29, 1.82) is 0 Å². The van der Waals surface area contributed by atoms with Crippen molar-refractivity contribution >= 4 is 11.5 Å². The van der Waals surface area contributed by atoms with Crippen molar-refractivity contribution in [3.05, 3.63) is 15.8 Å². The number of nitrogens with zero attached hydrogens (tertiary/aromatic N) is 3. The average Bonchev–Trinajstić information content (AvgIpc) is 2.70. The maximum absolute atomic E-state index is 11.1. The Morgan fingerprint density at radius 3 is 2.75 bits per heavy atom. The summed E-state index contributed by atoms with van der Waals surface area (Å²) in [6.07, 6.45) is 0.911. The second kappa shape index (κ2) is 6.67. The molecule has 0 aromatic carbocycles. The van der Waals surface area contributed by atoms with Crippen LogP contribution in [0.4, 0.5) is 11.5 Å². The van der Waals surface area contributed by atoms with Crippen LogP contribution >= 0.6 is 0 Å². The van der Waals surface area contributed by atoms with Gasteiger partial charge in [0.1, 0.15) is 5.69 Å². The van der Waals surface area contributed by atoms with Crippen LogP contribution in [-0.2, 0) is 18.2 Å². The van der Waals surface area contributed by atoms with Crippen molar-refractivity contribution < 1.29 is 14.8 Å². The van der Waals surface area contributed by atoms with Crippen LogP contribution in [0.3, 0.4) is 0 Å². The topological polar surface area (TPSA) is 102 Å². The van der Waals surface area contributed by atoms with Gasteiger partial charge in [-0.1, -0.05) is 6.92 Å². The monoisotopic (exact) mass is 286 g/mol. The molecular formula is C12H22N4O4. The molecule has 1 aromatic rings. The maximum atomic E-state index is 11.1. The second-order valence-electron chi connectivity index (χ2n) is 4.97. The van der Waals surface area contributed by atoms with E-state index in [1.165, 1.54) is 4.68 Å². The number of anilines is 1. The molecule has 0 aliphatic heterocycles. The van der Waals surface area contributed by atoms with E-state index in [2.05, 4.69) is 10.4 Å². The molecule has 1 aromatic heterocycles. The molecule has 0 aliphatic carbocycles. The van der Waals surface area contributed by atoms with Crippen molar-refractivity contribution in [3.63, 3.8) is 0 Å². The predicted molar refractivity (Wildman–Crippen MR) is 74.8 cm³/mol. The average molecular weight is 286 g/mol. The van der Waals surface area contributed by atoms with E-state index in [0.717, 1.165) is 0 Å². The van der Waals surface area contributed by atoms with E-state index < -0.39 is 10.5 Å². The van der Waals surface area contributed by atoms with Crippen LogP contribution in [0.15, 0.2) is 0 Å². The lowest BCUT2D eigenvalue weighted by atomic mass is 10.0. The molecule has 0 amide bonds. The summed E-state index contributed by atoms with van der Waals surface area (Å²) in [5.41, 5.74) is -0.616. The number of methoxy groups -OCH3 is 1. The Balaban J connectivity index is 2.87. The number of aryl methyl sites for hydroxylation is 2. The molecule has 0 saturated carbocycles. The van der Waals surface area contributed by atoms with Crippen LogP contribution < -0.4 is 5.32 Å². The maximum Gasteiger partial charge on any atom is 0.333 e. The molecule has 8 heteroatoms. The number of hydrogen-bond acceptors (Lipinski definition) is 6. The van der Waals surface area contributed by atoms with Crippen molar-refractivity contribution in [3.8, 4) is 0 Å². The van der Waals surface area contributed by atoms with Gasteiger partial charge in [-0.25, -0.2) is 4.68 Å². The van der Waals surface area contributed by atoms with Crippen LogP contribution in [0.25, 0.3) is 0 Å². The summed E-state index contributed by atoms with van der Waals surface area (Å²) in [7, 11) is 3.20. The van der Waals surface area contributed by atoms with Gasteiger partial charge in [0.05, 0.1) is 10.5 Å². The van der Waals surface area contributed by atoms with Gasteiger partial charge in [-0.15, -0.1) is 0 Å². The zero-order chi connectivity index (χ0) is 15.3. The number of ether oxygens (including phenoxy) is 1. The first kappa shape index (κ1) is 16.4. The van der Waals surface area contributed by atoms with Gasteiger partial charge in [0.15, 0.2) is 0 Å². The highest BCUT2D eigenvalue weighted by Gasteiger charge is 2.28. The van der Waals surface area contributed by atoms with Gasteiger partial charge in [-0.3, -0.25) is 10.1 Å². The summed E-state index contributed by atoms with van der Waals surface area (Å²) >= 11 is 0. The predicted octanol–water partition coefficient (Wildman–Crippen LogP) is 1.09. The molecule has 20 heavy (non-hydrogen) atoms. The molecule has 0 aliphatic rings. The fourth-order valence-corrected chi connectivity index (χ4v) is 1.88. The Bertz CT molecular complexity index is 470. The van der Waals surface area contributed by atoms with Crippen molar-refractivity contribution in [2.24, 2.45) is 7.05 Å². The number of hydrogen-bond donors (Lipinski definition) is 2. The summed E-state index contributed by atoms with van der Waals surface area (Å²) in [6.45, 7) is 4.07. The molecule has 1 rings (SSSR count). The van der Waals surface area contributed by atoms with Crippen molar-refractivity contribution in [2.75, 3.05) is 25.6 Å². The third-order valence-electron chi connectivity index (χ3n) is 3.09. The van der Waals surface area contributed by atoms with E-state index in [9.17, 15) is 15.2 Å². The van der Waals surface area contributed by atoms with Gasteiger partial charge in [0.2, 0.25) is 5.82 Å². The summed E-state index contributed by atoms with van der Waals surface area (Å²) < 4.78 is 6.36. The highest BCUT2D eigenvalue weighted by molar-refractivity contribution is 5.60. The minimum atomic E-state index is -1.01. The molecule has 0 radical (unpaired) electrons. The quantitative estimate of drug-likeness (QED) is 0.548. The van der Waals surface area contributed by atoms with Gasteiger partial charge in [0, 0.05) is 33.7 Å². The lowest BCUT2D eigenvalue weighted by molar-refractivity contribution is -0.384. The van der Waals surface area contributed by atoms with Crippen LogP contribution in [0.5, 0.6) is 0 Å². The summed E-state index contributed by atoms with van der Waals surface area (Å²) in [4.78, 5) is 10.7. The smallest absolute Gasteiger partial charge is 0.333 e. The van der Waals surface area contributed by atoms with Crippen LogP contribution in [0.1, 0.15) is 26.0 Å². The largest absolute Gasteiger partial charge is 0.388 e. The number of aromatic nitrogens is 2. The molecule has 0 bridgehead atoms. The van der Waals surface area contributed by atoms with Gasteiger partial charge in [-0.05, 0) is 13.3 Å². The highest BCUT2D eigenvalue weighted by atomic mass is 16.6. The summed E-state index contributed by atoms with van der Waals surface area (Å²) in [5.74, 6) is 0.310. The van der Waals surface area contributed by atoms with Crippen molar-refractivity contribution in [1.82, 2.24) is 9.78 Å². The molecule has 114 valence electrons. The number of rotatable bonds is 8. The van der Waals surface area contributed by atoms with Gasteiger partial charge >= 0.3 is 5.69 Å². The van der Waals surface area contributed by atoms with E-state index in [4.69, 9.17) is 4.74 Å². The molecule has 0 spiro atoms. The number of nitro groups is 1. The van der Waals surface area contributed by atoms with Crippen molar-refractivity contribution in [2.45, 2.75) is 32.3 Å². The van der Waals surface area contributed by atoms with Crippen LogP contribution in [-0.4, -0.2) is 45.7 Å². The third kappa shape index (κ3) is 3.91. The van der Waals surface area contributed by atoms with Crippen LogP contribution in [0.2, 0.25) is 0 Å². The minimum absolute atomic E-state index is 0.0301. The Morgan fingerprint density at radius 1 is 1.60 bits per heavy atom. The van der Waals surface area contributed by atoms with Gasteiger partial charge in [-0.2, -0.15) is 5.10 Å². The molecule has 0 fully saturated rings. The van der Waals surface area contributed by atoms with Crippen LogP contribution in [0, 0.1) is 10.1 Å². The SMILES string of the molecule is CCc1nn(C)c(NCC(C)(O)CCOC)c1[N+](=O)[O-]. The molecule has 8 nitrogen and oxygen atoms in total. The summed E-state index contributed by atoms with van der Waals surface area (Å²) in [5, 5.41) is 28.3. The second-order valence-corrected chi connectivity index (χ2v) is 4.97. The molecule has 0 saturated heterocycles. The van der Waals surface area contributed by atoms with E-state index in [-0.39, 0.29) is 12.2 Å². The van der Waals surface area contributed by atoms with E-state index in [0.29, 0.717) is 31.0 Å². The van der Waals surface area contributed by atoms with Gasteiger partial charge in [0.25, 0.3) is 0 Å².